The summed E-state index contributed by atoms with van der Waals surface area (Å²) in [7, 11) is 1.88. The SMILES string of the molecule is Cc1nn(C)c(C)c1CNc1cc(NN)cc([N+](=O)[O-])c1. The van der Waals surface area contributed by atoms with E-state index in [9.17, 15) is 10.1 Å². The number of aromatic nitrogens is 2. The Morgan fingerprint density at radius 2 is 2.00 bits per heavy atom. The van der Waals surface area contributed by atoms with Gasteiger partial charge in [-0.15, -0.1) is 0 Å². The first kappa shape index (κ1) is 14.8. The average molecular weight is 290 g/mol. The van der Waals surface area contributed by atoms with Gasteiger partial charge in [-0.25, -0.2) is 0 Å². The van der Waals surface area contributed by atoms with Crippen molar-refractivity contribution >= 4 is 17.1 Å². The minimum absolute atomic E-state index is 0.0208. The zero-order chi connectivity index (χ0) is 15.6. The standard InChI is InChI=1S/C13H18N6O2/c1-8-13(9(2)18(3)17-8)7-15-10-4-11(16-14)6-12(5-10)19(20)21/h4-6,15-16H,7,14H2,1-3H3. The smallest absolute Gasteiger partial charge is 0.273 e. The molecule has 4 N–H and O–H groups in total. The fourth-order valence-corrected chi connectivity index (χ4v) is 2.17. The largest absolute Gasteiger partial charge is 0.381 e. The van der Waals surface area contributed by atoms with Crippen LogP contribution in [0, 0.1) is 24.0 Å². The number of non-ortho nitro benzene ring substituents is 1. The molecule has 0 amide bonds. The maximum Gasteiger partial charge on any atom is 0.273 e. The van der Waals surface area contributed by atoms with E-state index in [-0.39, 0.29) is 5.69 Å². The summed E-state index contributed by atoms with van der Waals surface area (Å²) in [4.78, 5) is 10.5. The van der Waals surface area contributed by atoms with E-state index >= 15 is 0 Å². The number of nitro groups is 1. The highest BCUT2D eigenvalue weighted by molar-refractivity contribution is 5.63. The van der Waals surface area contributed by atoms with Crippen molar-refractivity contribution in [3.8, 4) is 0 Å². The maximum atomic E-state index is 10.9. The molecule has 0 unspecified atom stereocenters. The van der Waals surface area contributed by atoms with Crippen LogP contribution in [0.2, 0.25) is 0 Å². The summed E-state index contributed by atoms with van der Waals surface area (Å²) in [6.07, 6.45) is 0. The number of hydrogen-bond acceptors (Lipinski definition) is 6. The lowest BCUT2D eigenvalue weighted by Gasteiger charge is -2.09. The molecule has 2 rings (SSSR count). The number of nitrogens with two attached hydrogens (primary N) is 1. The molecule has 2 aromatic rings. The fourth-order valence-electron chi connectivity index (χ4n) is 2.17. The summed E-state index contributed by atoms with van der Waals surface area (Å²) in [6, 6.07) is 4.57. The number of aryl methyl sites for hydroxylation is 2. The fraction of sp³-hybridized carbons (Fsp3) is 0.308. The molecular weight excluding hydrogens is 272 g/mol. The Morgan fingerprint density at radius 1 is 1.33 bits per heavy atom. The molecule has 1 heterocycles. The quantitative estimate of drug-likeness (QED) is 0.440. The van der Waals surface area contributed by atoms with Gasteiger partial charge in [-0.05, 0) is 19.9 Å². The third-order valence-electron chi connectivity index (χ3n) is 3.42. The highest BCUT2D eigenvalue weighted by Crippen LogP contribution is 2.24. The molecule has 0 aliphatic carbocycles. The zero-order valence-corrected chi connectivity index (χ0v) is 12.2. The number of nitro benzene ring substituents is 1. The van der Waals surface area contributed by atoms with Gasteiger partial charge >= 0.3 is 0 Å². The summed E-state index contributed by atoms with van der Waals surface area (Å²) in [5.74, 6) is 5.33. The Labute approximate surface area is 122 Å². The molecule has 1 aromatic heterocycles. The predicted octanol–water partition coefficient (Wildman–Crippen LogP) is 1.84. The molecule has 1 aromatic carbocycles. The normalized spacial score (nSPS) is 10.5. The number of hydrogen-bond donors (Lipinski definition) is 3. The summed E-state index contributed by atoms with van der Waals surface area (Å²) in [5, 5.41) is 18.4. The number of nitrogens with one attached hydrogen (secondary N) is 2. The number of anilines is 2. The second-order valence-corrected chi connectivity index (χ2v) is 4.80. The predicted molar refractivity (Wildman–Crippen MR) is 80.9 cm³/mol. The monoisotopic (exact) mass is 290 g/mol. The van der Waals surface area contributed by atoms with Crippen LogP contribution >= 0.6 is 0 Å². The van der Waals surface area contributed by atoms with Crippen molar-refractivity contribution in [2.24, 2.45) is 12.9 Å². The van der Waals surface area contributed by atoms with Crippen molar-refractivity contribution < 1.29 is 4.92 Å². The van der Waals surface area contributed by atoms with E-state index in [1.165, 1.54) is 12.1 Å². The molecule has 0 aliphatic rings. The Kier molecular flexibility index (Phi) is 4.08. The van der Waals surface area contributed by atoms with E-state index in [0.29, 0.717) is 17.9 Å². The van der Waals surface area contributed by atoms with E-state index in [4.69, 9.17) is 5.84 Å². The number of hydrazine groups is 1. The maximum absolute atomic E-state index is 10.9. The van der Waals surface area contributed by atoms with Gasteiger partial charge in [0.1, 0.15) is 0 Å². The topological polar surface area (TPSA) is 111 Å². The van der Waals surface area contributed by atoms with Crippen molar-refractivity contribution in [2.75, 3.05) is 10.7 Å². The molecule has 112 valence electrons. The molecule has 8 heteroatoms. The zero-order valence-electron chi connectivity index (χ0n) is 12.2. The molecule has 0 aliphatic heterocycles. The number of rotatable bonds is 5. The van der Waals surface area contributed by atoms with Crippen molar-refractivity contribution in [1.29, 1.82) is 0 Å². The Morgan fingerprint density at radius 3 is 2.52 bits per heavy atom. The summed E-state index contributed by atoms with van der Waals surface area (Å²) in [5.41, 5.74) is 6.58. The van der Waals surface area contributed by atoms with Crippen LogP contribution in [0.15, 0.2) is 18.2 Å². The molecule has 0 radical (unpaired) electrons. The third kappa shape index (κ3) is 3.11. The van der Waals surface area contributed by atoms with Crippen LogP contribution in [0.3, 0.4) is 0 Å². The van der Waals surface area contributed by atoms with Gasteiger partial charge in [0.25, 0.3) is 5.69 Å². The molecule has 0 fully saturated rings. The van der Waals surface area contributed by atoms with E-state index in [1.807, 2.05) is 25.6 Å². The Balaban J connectivity index is 2.23. The van der Waals surface area contributed by atoms with Gasteiger partial charge in [-0.1, -0.05) is 0 Å². The highest BCUT2D eigenvalue weighted by Gasteiger charge is 2.12. The summed E-state index contributed by atoms with van der Waals surface area (Å²) >= 11 is 0. The molecule has 8 nitrogen and oxygen atoms in total. The number of benzene rings is 1. The molecule has 0 atom stereocenters. The van der Waals surface area contributed by atoms with E-state index in [2.05, 4.69) is 15.8 Å². The summed E-state index contributed by atoms with van der Waals surface area (Å²) in [6.45, 7) is 4.46. The van der Waals surface area contributed by atoms with Crippen LogP contribution in [0.4, 0.5) is 17.1 Å². The van der Waals surface area contributed by atoms with E-state index in [1.54, 1.807) is 6.07 Å². The van der Waals surface area contributed by atoms with Gasteiger partial charge in [-0.2, -0.15) is 5.10 Å². The first-order valence-corrected chi connectivity index (χ1v) is 6.41. The molecular formula is C13H18N6O2. The van der Waals surface area contributed by atoms with Crippen molar-refractivity contribution in [3.05, 3.63) is 45.3 Å². The molecule has 21 heavy (non-hydrogen) atoms. The van der Waals surface area contributed by atoms with Crippen LogP contribution in [0.5, 0.6) is 0 Å². The first-order valence-electron chi connectivity index (χ1n) is 6.41. The minimum atomic E-state index is -0.452. The van der Waals surface area contributed by atoms with Crippen molar-refractivity contribution in [2.45, 2.75) is 20.4 Å². The van der Waals surface area contributed by atoms with Crippen LogP contribution in [0.25, 0.3) is 0 Å². The molecule has 0 spiro atoms. The lowest BCUT2D eigenvalue weighted by atomic mass is 10.2. The van der Waals surface area contributed by atoms with Crippen LogP contribution < -0.4 is 16.6 Å². The van der Waals surface area contributed by atoms with Gasteiger partial charge in [0, 0.05) is 42.7 Å². The second-order valence-electron chi connectivity index (χ2n) is 4.80. The van der Waals surface area contributed by atoms with Gasteiger partial charge < -0.3 is 10.7 Å². The second kappa shape index (κ2) is 5.80. The lowest BCUT2D eigenvalue weighted by Crippen LogP contribution is -2.08. The Bertz CT molecular complexity index is 680. The molecule has 0 bridgehead atoms. The average Bonchev–Trinajstić information content (AvgIpc) is 2.69. The van der Waals surface area contributed by atoms with E-state index in [0.717, 1.165) is 17.0 Å². The van der Waals surface area contributed by atoms with Gasteiger partial charge in [0.2, 0.25) is 0 Å². The highest BCUT2D eigenvalue weighted by atomic mass is 16.6. The summed E-state index contributed by atoms with van der Waals surface area (Å²) < 4.78 is 1.81. The van der Waals surface area contributed by atoms with Crippen LogP contribution in [-0.2, 0) is 13.6 Å². The molecule has 0 saturated heterocycles. The van der Waals surface area contributed by atoms with Crippen molar-refractivity contribution in [1.82, 2.24) is 9.78 Å². The first-order chi connectivity index (χ1) is 9.92. The van der Waals surface area contributed by atoms with Crippen molar-refractivity contribution in [3.63, 3.8) is 0 Å². The van der Waals surface area contributed by atoms with Gasteiger partial charge in [-0.3, -0.25) is 20.6 Å². The Hall–Kier alpha value is -2.61. The van der Waals surface area contributed by atoms with E-state index < -0.39 is 4.92 Å². The minimum Gasteiger partial charge on any atom is -0.381 e. The third-order valence-corrected chi connectivity index (χ3v) is 3.42. The number of nitrogens with zero attached hydrogens (tertiary/aromatic N) is 3. The van der Waals surface area contributed by atoms with Crippen LogP contribution in [-0.4, -0.2) is 14.7 Å². The van der Waals surface area contributed by atoms with Gasteiger partial charge in [0.15, 0.2) is 0 Å². The lowest BCUT2D eigenvalue weighted by molar-refractivity contribution is -0.384. The van der Waals surface area contributed by atoms with Crippen LogP contribution in [0.1, 0.15) is 17.0 Å². The van der Waals surface area contributed by atoms with Gasteiger partial charge in [0.05, 0.1) is 16.3 Å². The number of nitrogen functional groups attached to an aromatic ring is 1. The molecule has 0 saturated carbocycles.